The molecule has 0 N–H and O–H groups in total. The molecule has 0 radical (unpaired) electrons. The van der Waals surface area contributed by atoms with Crippen LogP contribution in [0.3, 0.4) is 0 Å². The molecule has 1 aliphatic rings. The smallest absolute Gasteiger partial charge is 0.212 e. The number of rotatable bonds is 5. The van der Waals surface area contributed by atoms with Gasteiger partial charge in [-0.3, -0.25) is 0 Å². The van der Waals surface area contributed by atoms with E-state index in [1.807, 2.05) is 6.07 Å². The lowest BCUT2D eigenvalue weighted by Crippen LogP contribution is -2.39. The third-order valence-corrected chi connectivity index (χ3v) is 4.46. The Balaban J connectivity index is 2.69. The number of hydrogen-bond donors (Lipinski definition) is 0. The topological polar surface area (TPSA) is 61.2 Å². The molecule has 80 valence electrons. The maximum absolute atomic E-state index is 11.8. The predicted octanol–water partition coefficient (Wildman–Crippen LogP) is 0.960. The van der Waals surface area contributed by atoms with Gasteiger partial charge in [0.25, 0.3) is 0 Å². The molecule has 0 aromatic rings. The first-order chi connectivity index (χ1) is 6.47. The summed E-state index contributed by atoms with van der Waals surface area (Å²) < 4.78 is 24.9. The highest BCUT2D eigenvalue weighted by Gasteiger charge is 2.32. The molecule has 4 nitrogen and oxygen atoms in total. The zero-order valence-corrected chi connectivity index (χ0v) is 9.42. The van der Waals surface area contributed by atoms with Crippen LogP contribution in [-0.4, -0.2) is 31.1 Å². The molecular formula is C9H16N2O2S. The van der Waals surface area contributed by atoms with Crippen molar-refractivity contribution in [2.24, 2.45) is 5.92 Å². The van der Waals surface area contributed by atoms with E-state index in [0.29, 0.717) is 5.92 Å². The third-order valence-electron chi connectivity index (χ3n) is 2.30. The van der Waals surface area contributed by atoms with Gasteiger partial charge >= 0.3 is 0 Å². The van der Waals surface area contributed by atoms with E-state index in [9.17, 15) is 8.42 Å². The van der Waals surface area contributed by atoms with Gasteiger partial charge in [-0.2, -0.15) is 9.57 Å². The van der Waals surface area contributed by atoms with Crippen molar-refractivity contribution in [1.82, 2.24) is 4.31 Å². The minimum absolute atomic E-state index is 0.0350. The predicted molar refractivity (Wildman–Crippen MR) is 54.0 cm³/mol. The van der Waals surface area contributed by atoms with Crippen LogP contribution in [0.2, 0.25) is 0 Å². The zero-order valence-electron chi connectivity index (χ0n) is 8.60. The van der Waals surface area contributed by atoms with Gasteiger partial charge in [0, 0.05) is 6.04 Å². The summed E-state index contributed by atoms with van der Waals surface area (Å²) in [4.78, 5) is 0. The van der Waals surface area contributed by atoms with Gasteiger partial charge in [-0.25, -0.2) is 8.42 Å². The maximum atomic E-state index is 11.8. The molecule has 0 spiro atoms. The molecule has 0 heterocycles. The van der Waals surface area contributed by atoms with Crippen LogP contribution < -0.4 is 0 Å². The zero-order chi connectivity index (χ0) is 10.8. The number of hydrogen-bond acceptors (Lipinski definition) is 3. The van der Waals surface area contributed by atoms with Crippen molar-refractivity contribution in [1.29, 1.82) is 5.26 Å². The Morgan fingerprint density at radius 1 is 1.50 bits per heavy atom. The van der Waals surface area contributed by atoms with E-state index in [1.165, 1.54) is 4.31 Å². The van der Waals surface area contributed by atoms with E-state index in [0.717, 1.165) is 12.8 Å². The van der Waals surface area contributed by atoms with Crippen LogP contribution in [0.25, 0.3) is 0 Å². The molecule has 0 unspecified atom stereocenters. The molecule has 0 atom stereocenters. The molecule has 1 fully saturated rings. The van der Waals surface area contributed by atoms with Gasteiger partial charge in [0.2, 0.25) is 10.0 Å². The SMILES string of the molecule is CC(C)N(CC#N)S(=O)(=O)CC1CC1. The van der Waals surface area contributed by atoms with Crippen LogP contribution in [0, 0.1) is 17.2 Å². The minimum atomic E-state index is -3.21. The number of nitriles is 1. The van der Waals surface area contributed by atoms with Crippen molar-refractivity contribution >= 4 is 10.0 Å². The lowest BCUT2D eigenvalue weighted by atomic mass is 10.4. The number of sulfonamides is 1. The lowest BCUT2D eigenvalue weighted by Gasteiger charge is -2.22. The van der Waals surface area contributed by atoms with Crippen molar-refractivity contribution in [3.8, 4) is 6.07 Å². The maximum Gasteiger partial charge on any atom is 0.215 e. The quantitative estimate of drug-likeness (QED) is 0.643. The first kappa shape index (κ1) is 11.5. The first-order valence-electron chi connectivity index (χ1n) is 4.84. The van der Waals surface area contributed by atoms with Crippen molar-refractivity contribution in [2.75, 3.05) is 12.3 Å². The number of nitrogens with zero attached hydrogens (tertiary/aromatic N) is 2. The van der Waals surface area contributed by atoms with E-state index in [-0.39, 0.29) is 18.3 Å². The van der Waals surface area contributed by atoms with Crippen molar-refractivity contribution in [2.45, 2.75) is 32.7 Å². The minimum Gasteiger partial charge on any atom is -0.212 e. The second-order valence-corrected chi connectivity index (χ2v) is 5.99. The fourth-order valence-electron chi connectivity index (χ4n) is 1.35. The van der Waals surface area contributed by atoms with Crippen LogP contribution in [0.4, 0.5) is 0 Å². The molecule has 14 heavy (non-hydrogen) atoms. The first-order valence-corrected chi connectivity index (χ1v) is 6.44. The molecule has 0 aromatic heterocycles. The van der Waals surface area contributed by atoms with E-state index in [2.05, 4.69) is 0 Å². The van der Waals surface area contributed by atoms with Crippen LogP contribution >= 0.6 is 0 Å². The van der Waals surface area contributed by atoms with E-state index >= 15 is 0 Å². The summed E-state index contributed by atoms with van der Waals surface area (Å²) in [5, 5.41) is 8.54. The molecule has 5 heteroatoms. The normalized spacial score (nSPS) is 17.4. The molecule has 0 saturated heterocycles. The van der Waals surface area contributed by atoms with Gasteiger partial charge in [0.05, 0.1) is 11.8 Å². The molecule has 0 aliphatic heterocycles. The van der Waals surface area contributed by atoms with E-state index in [1.54, 1.807) is 13.8 Å². The molecule has 0 aromatic carbocycles. The van der Waals surface area contributed by atoms with Gasteiger partial charge in [-0.05, 0) is 32.6 Å². The fraction of sp³-hybridized carbons (Fsp3) is 0.889. The van der Waals surface area contributed by atoms with Gasteiger partial charge < -0.3 is 0 Å². The van der Waals surface area contributed by atoms with Gasteiger partial charge in [-0.15, -0.1) is 0 Å². The molecular weight excluding hydrogens is 200 g/mol. The fourth-order valence-corrected chi connectivity index (χ4v) is 3.37. The highest BCUT2D eigenvalue weighted by atomic mass is 32.2. The van der Waals surface area contributed by atoms with Gasteiger partial charge in [-0.1, -0.05) is 0 Å². The summed E-state index contributed by atoms with van der Waals surface area (Å²) in [6.45, 7) is 3.55. The Morgan fingerprint density at radius 3 is 2.43 bits per heavy atom. The molecule has 0 amide bonds. The summed E-state index contributed by atoms with van der Waals surface area (Å²) in [5.41, 5.74) is 0. The van der Waals surface area contributed by atoms with Gasteiger partial charge in [0.1, 0.15) is 6.54 Å². The second kappa shape index (κ2) is 4.28. The van der Waals surface area contributed by atoms with Crippen molar-refractivity contribution in [3.63, 3.8) is 0 Å². The van der Waals surface area contributed by atoms with Crippen LogP contribution in [-0.2, 0) is 10.0 Å². The highest BCUT2D eigenvalue weighted by Crippen LogP contribution is 2.31. The van der Waals surface area contributed by atoms with Crippen molar-refractivity contribution < 1.29 is 8.42 Å². The van der Waals surface area contributed by atoms with Crippen molar-refractivity contribution in [3.05, 3.63) is 0 Å². The third kappa shape index (κ3) is 2.96. The summed E-state index contributed by atoms with van der Waals surface area (Å²) in [5.74, 6) is 0.548. The average molecular weight is 216 g/mol. The summed E-state index contributed by atoms with van der Waals surface area (Å²) in [6, 6.07) is 1.77. The Labute approximate surface area is 85.6 Å². The molecule has 1 rings (SSSR count). The summed E-state index contributed by atoms with van der Waals surface area (Å²) in [7, 11) is -3.21. The molecule has 0 bridgehead atoms. The highest BCUT2D eigenvalue weighted by molar-refractivity contribution is 7.89. The average Bonchev–Trinajstić information content (AvgIpc) is 2.82. The van der Waals surface area contributed by atoms with Crippen LogP contribution in [0.15, 0.2) is 0 Å². The molecule has 1 saturated carbocycles. The molecule has 1 aliphatic carbocycles. The summed E-state index contributed by atoms with van der Waals surface area (Å²) >= 11 is 0. The Bertz CT molecular complexity index is 325. The van der Waals surface area contributed by atoms with Crippen LogP contribution in [0.1, 0.15) is 26.7 Å². The Morgan fingerprint density at radius 2 is 2.07 bits per heavy atom. The Kier molecular flexibility index (Phi) is 3.51. The van der Waals surface area contributed by atoms with Crippen LogP contribution in [0.5, 0.6) is 0 Å². The van der Waals surface area contributed by atoms with Gasteiger partial charge in [0.15, 0.2) is 0 Å². The second-order valence-electron chi connectivity index (χ2n) is 4.02. The largest absolute Gasteiger partial charge is 0.215 e. The Hall–Kier alpha value is -0.600. The van der Waals surface area contributed by atoms with E-state index in [4.69, 9.17) is 5.26 Å². The lowest BCUT2D eigenvalue weighted by molar-refractivity contribution is 0.384. The standard InChI is InChI=1S/C9H16N2O2S/c1-8(2)11(6-5-10)14(12,13)7-9-3-4-9/h8-9H,3-4,6-7H2,1-2H3. The van der Waals surface area contributed by atoms with E-state index < -0.39 is 10.0 Å². The summed E-state index contributed by atoms with van der Waals surface area (Å²) in [6.07, 6.45) is 2.02. The monoisotopic (exact) mass is 216 g/mol.